The van der Waals surface area contributed by atoms with Crippen molar-refractivity contribution < 1.29 is 19.0 Å². The van der Waals surface area contributed by atoms with Crippen LogP contribution < -0.4 is 19.5 Å². The quantitative estimate of drug-likeness (QED) is 0.222. The van der Waals surface area contributed by atoms with Crippen LogP contribution in [0.5, 0.6) is 17.2 Å². The van der Waals surface area contributed by atoms with Gasteiger partial charge in [0.2, 0.25) is 0 Å². The highest BCUT2D eigenvalue weighted by Crippen LogP contribution is 2.36. The Labute approximate surface area is 221 Å². The summed E-state index contributed by atoms with van der Waals surface area (Å²) in [6, 6.07) is 17.7. The molecule has 8 heteroatoms. The monoisotopic (exact) mass is 512 g/mol. The molecule has 8 nitrogen and oxygen atoms in total. The Balaban J connectivity index is 1.54. The first-order valence-electron chi connectivity index (χ1n) is 12.7. The first-order valence-corrected chi connectivity index (χ1v) is 12.7. The molecule has 4 heterocycles. The number of carbonyl (C=O) groups is 1. The maximum absolute atomic E-state index is 12.5. The molecule has 5 rings (SSSR count). The first kappa shape index (κ1) is 25.2. The lowest BCUT2D eigenvalue weighted by Crippen LogP contribution is -2.08. The number of ketones is 1. The normalized spacial score (nSPS) is 11.2. The van der Waals surface area contributed by atoms with Crippen LogP contribution in [-0.4, -0.2) is 46.9 Å². The minimum atomic E-state index is -0.0137. The molecule has 38 heavy (non-hydrogen) atoms. The molecule has 1 aromatic carbocycles. The molecular weight excluding hydrogens is 480 g/mol. The van der Waals surface area contributed by atoms with Gasteiger partial charge in [-0.1, -0.05) is 19.1 Å². The van der Waals surface area contributed by atoms with Gasteiger partial charge in [0.15, 0.2) is 17.3 Å². The Morgan fingerprint density at radius 1 is 0.974 bits per heavy atom. The van der Waals surface area contributed by atoms with Gasteiger partial charge in [0.1, 0.15) is 22.9 Å². The number of methoxy groups -OCH3 is 2. The van der Waals surface area contributed by atoms with Crippen LogP contribution in [0.4, 0.5) is 5.82 Å². The van der Waals surface area contributed by atoms with Crippen LogP contribution in [0.1, 0.15) is 36.3 Å². The standard InChI is InChI=1S/C30H32N4O4/c1-5-16-38-22-12-15-33-24(20(2)35)19-23(25(33)18-22)29-30(34-14-7-6-8-28(34)32-29)31-13-11-21-9-10-26(36-3)27(17-21)37-4/h6-10,12,14-15,17-19,31H,5,11,13,16H2,1-4H3. The van der Waals surface area contributed by atoms with Crippen LogP contribution in [0.25, 0.3) is 22.4 Å². The molecule has 0 atom stereocenters. The zero-order valence-corrected chi connectivity index (χ0v) is 22.2. The van der Waals surface area contributed by atoms with E-state index >= 15 is 0 Å². The van der Waals surface area contributed by atoms with Gasteiger partial charge in [0.25, 0.3) is 0 Å². The highest BCUT2D eigenvalue weighted by molar-refractivity contribution is 5.99. The maximum atomic E-state index is 12.5. The van der Waals surface area contributed by atoms with Gasteiger partial charge in [-0.15, -0.1) is 0 Å². The predicted molar refractivity (Wildman–Crippen MR) is 149 cm³/mol. The van der Waals surface area contributed by atoms with Gasteiger partial charge in [0, 0.05) is 37.5 Å². The van der Waals surface area contributed by atoms with Gasteiger partial charge < -0.3 is 23.9 Å². The lowest BCUT2D eigenvalue weighted by Gasteiger charge is -2.11. The number of carbonyl (C=O) groups excluding carboxylic acids is 1. The van der Waals surface area contributed by atoms with Crippen molar-refractivity contribution in [3.63, 3.8) is 0 Å². The van der Waals surface area contributed by atoms with Crippen molar-refractivity contribution in [3.8, 4) is 28.5 Å². The number of aromatic nitrogens is 3. The fourth-order valence-electron chi connectivity index (χ4n) is 4.66. The average molecular weight is 513 g/mol. The molecule has 0 spiro atoms. The van der Waals surface area contributed by atoms with Gasteiger partial charge in [-0.3, -0.25) is 9.20 Å². The van der Waals surface area contributed by atoms with Crippen LogP contribution in [-0.2, 0) is 6.42 Å². The molecule has 0 radical (unpaired) electrons. The van der Waals surface area contributed by atoms with Gasteiger partial charge in [0.05, 0.1) is 32.0 Å². The minimum Gasteiger partial charge on any atom is -0.493 e. The Bertz CT molecular complexity index is 1600. The second kappa shape index (κ2) is 10.9. The average Bonchev–Trinajstić information content (AvgIpc) is 3.50. The van der Waals surface area contributed by atoms with Gasteiger partial charge in [-0.2, -0.15) is 0 Å². The Morgan fingerprint density at radius 3 is 2.58 bits per heavy atom. The SMILES string of the molecule is CCCOc1ccn2c(C(C)=O)cc(-c3nc4ccccn4c3NCCc3ccc(OC)c(OC)c3)c2c1. The molecule has 1 N–H and O–H groups in total. The minimum absolute atomic E-state index is 0.0137. The molecule has 0 aliphatic heterocycles. The van der Waals surface area contributed by atoms with E-state index in [0.717, 1.165) is 52.4 Å². The van der Waals surface area contributed by atoms with E-state index in [0.29, 0.717) is 30.3 Å². The van der Waals surface area contributed by atoms with Gasteiger partial charge >= 0.3 is 0 Å². The third-order valence-electron chi connectivity index (χ3n) is 6.52. The molecule has 0 aliphatic carbocycles. The van der Waals surface area contributed by atoms with Crippen molar-refractivity contribution in [1.29, 1.82) is 0 Å². The Kier molecular flexibility index (Phi) is 7.22. The summed E-state index contributed by atoms with van der Waals surface area (Å²) in [7, 11) is 3.27. The summed E-state index contributed by atoms with van der Waals surface area (Å²) in [6.07, 6.45) is 5.56. The largest absolute Gasteiger partial charge is 0.493 e. The highest BCUT2D eigenvalue weighted by atomic mass is 16.5. The van der Waals surface area contributed by atoms with E-state index in [-0.39, 0.29) is 5.78 Å². The molecule has 0 aliphatic rings. The van der Waals surface area contributed by atoms with Crippen LogP contribution >= 0.6 is 0 Å². The van der Waals surface area contributed by atoms with E-state index in [1.807, 2.05) is 75.8 Å². The Morgan fingerprint density at radius 2 is 1.82 bits per heavy atom. The number of pyridine rings is 2. The number of imidazole rings is 1. The summed E-state index contributed by atoms with van der Waals surface area (Å²) in [6.45, 7) is 4.95. The summed E-state index contributed by atoms with van der Waals surface area (Å²) in [5.74, 6) is 3.03. The van der Waals surface area contributed by atoms with Crippen LogP contribution in [0.15, 0.2) is 67.0 Å². The third-order valence-corrected chi connectivity index (χ3v) is 6.52. The summed E-state index contributed by atoms with van der Waals surface area (Å²) < 4.78 is 20.7. The third kappa shape index (κ3) is 4.77. The van der Waals surface area contributed by atoms with E-state index in [4.69, 9.17) is 19.2 Å². The van der Waals surface area contributed by atoms with E-state index in [1.54, 1.807) is 21.1 Å². The van der Waals surface area contributed by atoms with Crippen LogP contribution in [0, 0.1) is 0 Å². The zero-order chi connectivity index (χ0) is 26.6. The number of benzene rings is 1. The van der Waals surface area contributed by atoms with Crippen molar-refractivity contribution in [2.24, 2.45) is 0 Å². The van der Waals surface area contributed by atoms with Crippen molar-refractivity contribution in [3.05, 3.63) is 78.2 Å². The first-order chi connectivity index (χ1) is 18.5. The Hall–Kier alpha value is -4.46. The summed E-state index contributed by atoms with van der Waals surface area (Å²) >= 11 is 0. The van der Waals surface area contributed by atoms with Crippen LogP contribution in [0.2, 0.25) is 0 Å². The molecule has 196 valence electrons. The predicted octanol–water partition coefficient (Wildman–Crippen LogP) is 5.92. The van der Waals surface area contributed by atoms with Crippen LogP contribution in [0.3, 0.4) is 0 Å². The molecular formula is C30H32N4O4. The highest BCUT2D eigenvalue weighted by Gasteiger charge is 2.21. The molecule has 4 aromatic heterocycles. The molecule has 0 unspecified atom stereocenters. The van der Waals surface area contributed by atoms with Gasteiger partial charge in [-0.05, 0) is 54.8 Å². The summed E-state index contributed by atoms with van der Waals surface area (Å²) in [4.78, 5) is 17.5. The lowest BCUT2D eigenvalue weighted by atomic mass is 10.1. The lowest BCUT2D eigenvalue weighted by molar-refractivity contribution is 0.101. The van der Waals surface area contributed by atoms with E-state index in [1.165, 1.54) is 0 Å². The van der Waals surface area contributed by atoms with Crippen molar-refractivity contribution in [2.75, 3.05) is 32.7 Å². The van der Waals surface area contributed by atoms with Crippen molar-refractivity contribution >= 4 is 22.8 Å². The topological polar surface area (TPSA) is 78.5 Å². The number of hydrogen-bond donors (Lipinski definition) is 1. The molecule has 0 saturated heterocycles. The number of nitrogens with one attached hydrogen (secondary N) is 1. The smallest absolute Gasteiger partial charge is 0.176 e. The van der Waals surface area contributed by atoms with E-state index < -0.39 is 0 Å². The maximum Gasteiger partial charge on any atom is 0.176 e. The fraction of sp³-hybridized carbons (Fsp3) is 0.267. The zero-order valence-electron chi connectivity index (χ0n) is 22.2. The van der Waals surface area contributed by atoms with Crippen molar-refractivity contribution in [1.82, 2.24) is 13.8 Å². The molecule has 0 amide bonds. The molecule has 5 aromatic rings. The summed E-state index contributed by atoms with van der Waals surface area (Å²) in [5, 5.41) is 3.60. The second-order valence-corrected chi connectivity index (χ2v) is 9.07. The van der Waals surface area contributed by atoms with Crippen molar-refractivity contribution in [2.45, 2.75) is 26.7 Å². The van der Waals surface area contributed by atoms with E-state index in [9.17, 15) is 4.79 Å². The second-order valence-electron chi connectivity index (χ2n) is 9.07. The number of anilines is 1. The number of rotatable bonds is 11. The fourth-order valence-corrected chi connectivity index (χ4v) is 4.66. The molecule has 0 fully saturated rings. The number of hydrogen-bond acceptors (Lipinski definition) is 6. The molecule has 0 saturated carbocycles. The molecule has 0 bridgehead atoms. The number of Topliss-reactive ketones (excluding diaryl/α,β-unsaturated/α-hetero) is 1. The number of ether oxygens (including phenoxy) is 3. The number of fused-ring (bicyclic) bond motifs is 2. The van der Waals surface area contributed by atoms with E-state index in [2.05, 4.69) is 12.2 Å². The summed E-state index contributed by atoms with van der Waals surface area (Å²) in [5.41, 5.74) is 5.06. The number of nitrogens with zero attached hydrogens (tertiary/aromatic N) is 3. The van der Waals surface area contributed by atoms with Gasteiger partial charge in [-0.25, -0.2) is 4.98 Å².